The van der Waals surface area contributed by atoms with Crippen molar-refractivity contribution in [1.29, 1.82) is 0 Å². The standard InChI is InChI=1S/C16H14BrFO2/c1-10-3-5-12(18)9-13(10)15(19)8-11-4-6-16(20-2)14(17)7-11/h3-7,9H,8H2,1-2H3. The summed E-state index contributed by atoms with van der Waals surface area (Å²) in [7, 11) is 1.58. The predicted octanol–water partition coefficient (Wildman–Crippen LogP) is 4.33. The van der Waals surface area contributed by atoms with Crippen molar-refractivity contribution in [2.45, 2.75) is 13.3 Å². The summed E-state index contributed by atoms with van der Waals surface area (Å²) in [6.07, 6.45) is 0.229. The van der Waals surface area contributed by atoms with Gasteiger partial charge in [0.1, 0.15) is 11.6 Å². The lowest BCUT2D eigenvalue weighted by atomic mass is 9.99. The molecule has 0 spiro atoms. The number of carbonyl (C=O) groups excluding carboxylic acids is 1. The van der Waals surface area contributed by atoms with Gasteiger partial charge in [-0.25, -0.2) is 4.39 Å². The summed E-state index contributed by atoms with van der Waals surface area (Å²) < 4.78 is 19.2. The lowest BCUT2D eigenvalue weighted by Gasteiger charge is -2.08. The number of hydrogen-bond donors (Lipinski definition) is 0. The predicted molar refractivity (Wildman–Crippen MR) is 79.9 cm³/mol. The van der Waals surface area contributed by atoms with Crippen LogP contribution in [0.15, 0.2) is 40.9 Å². The van der Waals surface area contributed by atoms with Gasteiger partial charge in [0.2, 0.25) is 0 Å². The van der Waals surface area contributed by atoms with Crippen LogP contribution in [0.5, 0.6) is 5.75 Å². The van der Waals surface area contributed by atoms with Crippen LogP contribution in [-0.4, -0.2) is 12.9 Å². The maximum absolute atomic E-state index is 13.2. The number of benzene rings is 2. The van der Waals surface area contributed by atoms with E-state index >= 15 is 0 Å². The summed E-state index contributed by atoms with van der Waals surface area (Å²) in [6.45, 7) is 1.80. The fourth-order valence-corrected chi connectivity index (χ4v) is 2.58. The summed E-state index contributed by atoms with van der Waals surface area (Å²) in [5.41, 5.74) is 2.06. The topological polar surface area (TPSA) is 26.3 Å². The third-order valence-electron chi connectivity index (χ3n) is 3.08. The van der Waals surface area contributed by atoms with Crippen molar-refractivity contribution >= 4 is 21.7 Å². The van der Waals surface area contributed by atoms with E-state index in [-0.39, 0.29) is 12.2 Å². The van der Waals surface area contributed by atoms with Crippen LogP contribution in [0, 0.1) is 12.7 Å². The Kier molecular flexibility index (Phi) is 4.55. The first-order valence-electron chi connectivity index (χ1n) is 6.13. The minimum atomic E-state index is -0.394. The maximum atomic E-state index is 13.2. The van der Waals surface area contributed by atoms with Gasteiger partial charge in [-0.2, -0.15) is 0 Å². The van der Waals surface area contributed by atoms with Crippen LogP contribution in [0.3, 0.4) is 0 Å². The van der Waals surface area contributed by atoms with E-state index in [1.165, 1.54) is 12.1 Å². The quantitative estimate of drug-likeness (QED) is 0.776. The molecule has 4 heteroatoms. The van der Waals surface area contributed by atoms with Gasteiger partial charge in [-0.15, -0.1) is 0 Å². The second-order valence-electron chi connectivity index (χ2n) is 4.53. The molecule has 0 heterocycles. The van der Waals surface area contributed by atoms with E-state index in [1.807, 2.05) is 12.1 Å². The van der Waals surface area contributed by atoms with Gasteiger partial charge in [0.25, 0.3) is 0 Å². The van der Waals surface area contributed by atoms with Gasteiger partial charge in [-0.1, -0.05) is 12.1 Å². The largest absolute Gasteiger partial charge is 0.496 e. The highest BCUT2D eigenvalue weighted by atomic mass is 79.9. The Morgan fingerprint density at radius 1 is 1.25 bits per heavy atom. The van der Waals surface area contributed by atoms with Crippen molar-refractivity contribution in [2.24, 2.45) is 0 Å². The number of hydrogen-bond acceptors (Lipinski definition) is 2. The lowest BCUT2D eigenvalue weighted by Crippen LogP contribution is -2.06. The number of ketones is 1. The average Bonchev–Trinajstić information content (AvgIpc) is 2.41. The van der Waals surface area contributed by atoms with Crippen LogP contribution >= 0.6 is 15.9 Å². The second kappa shape index (κ2) is 6.18. The van der Waals surface area contributed by atoms with Gasteiger partial charge in [0.05, 0.1) is 11.6 Å². The maximum Gasteiger partial charge on any atom is 0.167 e. The monoisotopic (exact) mass is 336 g/mol. The summed E-state index contributed by atoms with van der Waals surface area (Å²) >= 11 is 3.38. The van der Waals surface area contributed by atoms with Crippen LogP contribution in [0.1, 0.15) is 21.5 Å². The van der Waals surface area contributed by atoms with Crippen LogP contribution in [0.4, 0.5) is 4.39 Å². The van der Waals surface area contributed by atoms with Crippen molar-refractivity contribution in [3.8, 4) is 5.75 Å². The number of carbonyl (C=O) groups is 1. The molecule has 0 atom stereocenters. The zero-order valence-electron chi connectivity index (χ0n) is 11.2. The number of ether oxygens (including phenoxy) is 1. The van der Waals surface area contributed by atoms with Crippen LogP contribution in [0.2, 0.25) is 0 Å². The molecule has 20 heavy (non-hydrogen) atoms. The Hall–Kier alpha value is -1.68. The van der Waals surface area contributed by atoms with Gasteiger partial charge in [0, 0.05) is 12.0 Å². The van der Waals surface area contributed by atoms with E-state index in [1.54, 1.807) is 26.2 Å². The SMILES string of the molecule is COc1ccc(CC(=O)c2cc(F)ccc2C)cc1Br. The molecule has 0 radical (unpaired) electrons. The first-order chi connectivity index (χ1) is 9.51. The van der Waals surface area contributed by atoms with E-state index in [2.05, 4.69) is 15.9 Å². The Labute approximate surface area is 125 Å². The van der Waals surface area contributed by atoms with Crippen LogP contribution < -0.4 is 4.74 Å². The Bertz CT molecular complexity index is 653. The van der Waals surface area contributed by atoms with Gasteiger partial charge in [0.15, 0.2) is 5.78 Å². The molecule has 0 aliphatic heterocycles. The molecule has 2 nitrogen and oxygen atoms in total. The number of rotatable bonds is 4. The number of Topliss-reactive ketones (excluding diaryl/α,β-unsaturated/α-hetero) is 1. The van der Waals surface area contributed by atoms with E-state index in [9.17, 15) is 9.18 Å². The summed E-state index contributed by atoms with van der Waals surface area (Å²) in [5, 5.41) is 0. The first-order valence-corrected chi connectivity index (χ1v) is 6.92. The fourth-order valence-electron chi connectivity index (χ4n) is 2.00. The normalized spacial score (nSPS) is 10.4. The molecule has 0 saturated heterocycles. The van der Waals surface area contributed by atoms with Crippen LogP contribution in [-0.2, 0) is 6.42 Å². The molecular formula is C16H14BrFO2. The van der Waals surface area contributed by atoms with Gasteiger partial charge >= 0.3 is 0 Å². The Morgan fingerprint density at radius 3 is 2.65 bits per heavy atom. The third kappa shape index (κ3) is 3.25. The van der Waals surface area contributed by atoms with E-state index in [0.717, 1.165) is 15.6 Å². The molecule has 2 rings (SSSR count). The van der Waals surface area contributed by atoms with Gasteiger partial charge in [-0.05, 0) is 58.2 Å². The minimum Gasteiger partial charge on any atom is -0.496 e. The molecule has 0 aliphatic rings. The van der Waals surface area contributed by atoms with Crippen molar-refractivity contribution in [2.75, 3.05) is 7.11 Å². The summed E-state index contributed by atoms with van der Waals surface area (Å²) in [6, 6.07) is 9.73. The van der Waals surface area contributed by atoms with Gasteiger partial charge < -0.3 is 4.74 Å². The third-order valence-corrected chi connectivity index (χ3v) is 3.70. The molecule has 0 saturated carbocycles. The lowest BCUT2D eigenvalue weighted by molar-refractivity contribution is 0.0992. The smallest absolute Gasteiger partial charge is 0.167 e. The molecule has 0 unspecified atom stereocenters. The van der Waals surface area contributed by atoms with Crippen molar-refractivity contribution in [3.05, 3.63) is 63.4 Å². The zero-order chi connectivity index (χ0) is 14.7. The second-order valence-corrected chi connectivity index (χ2v) is 5.38. The molecule has 0 N–H and O–H groups in total. The highest BCUT2D eigenvalue weighted by Crippen LogP contribution is 2.26. The molecule has 0 aliphatic carbocycles. The minimum absolute atomic E-state index is 0.0981. The fraction of sp³-hybridized carbons (Fsp3) is 0.188. The van der Waals surface area contributed by atoms with E-state index < -0.39 is 5.82 Å². The van der Waals surface area contributed by atoms with E-state index in [4.69, 9.17) is 4.74 Å². The highest BCUT2D eigenvalue weighted by Gasteiger charge is 2.12. The van der Waals surface area contributed by atoms with Crippen LogP contribution in [0.25, 0.3) is 0 Å². The first kappa shape index (κ1) is 14.7. The van der Waals surface area contributed by atoms with Gasteiger partial charge in [-0.3, -0.25) is 4.79 Å². The molecule has 2 aromatic rings. The molecule has 0 aromatic heterocycles. The number of methoxy groups -OCH3 is 1. The zero-order valence-corrected chi connectivity index (χ0v) is 12.8. The molecule has 0 fully saturated rings. The Morgan fingerprint density at radius 2 is 2.00 bits per heavy atom. The molecule has 0 bridgehead atoms. The highest BCUT2D eigenvalue weighted by molar-refractivity contribution is 9.10. The molecular weight excluding hydrogens is 323 g/mol. The van der Waals surface area contributed by atoms with E-state index in [0.29, 0.717) is 11.3 Å². The molecule has 2 aromatic carbocycles. The number of aryl methyl sites for hydroxylation is 1. The molecule has 104 valence electrons. The van der Waals surface area contributed by atoms with Crippen molar-refractivity contribution < 1.29 is 13.9 Å². The molecule has 0 amide bonds. The average molecular weight is 337 g/mol. The summed E-state index contributed by atoms with van der Waals surface area (Å²) in [5.74, 6) is 0.220. The number of halogens is 2. The van der Waals surface area contributed by atoms with Crippen molar-refractivity contribution in [3.63, 3.8) is 0 Å². The Balaban J connectivity index is 2.23. The summed E-state index contributed by atoms with van der Waals surface area (Å²) in [4.78, 5) is 12.2. The van der Waals surface area contributed by atoms with Crippen molar-refractivity contribution in [1.82, 2.24) is 0 Å².